The fourth-order valence-electron chi connectivity index (χ4n) is 3.79. The number of nitrogens with zero attached hydrogens (tertiary/aromatic N) is 4. The number of nitrogens with two attached hydrogens (primary N) is 1. The molecule has 1 aromatic carbocycles. The number of nitrogen functional groups attached to an aromatic ring is 1. The van der Waals surface area contributed by atoms with Crippen LogP contribution in [0.2, 0.25) is 0 Å². The molecule has 4 aromatic rings. The molecule has 0 radical (unpaired) electrons. The predicted molar refractivity (Wildman–Crippen MR) is 96.6 cm³/mol. The molecule has 124 valence electrons. The lowest BCUT2D eigenvalue weighted by Crippen LogP contribution is -2.25. The Morgan fingerprint density at radius 1 is 1.16 bits per heavy atom. The number of aromatic nitrogens is 4. The summed E-state index contributed by atoms with van der Waals surface area (Å²) in [5.74, 6) is 1.37. The molecule has 0 saturated carbocycles. The Kier molecular flexibility index (Phi) is 2.94. The molecule has 0 bridgehead atoms. The molecule has 0 fully saturated rings. The Bertz CT molecular complexity index is 1090. The van der Waals surface area contributed by atoms with E-state index in [0.29, 0.717) is 18.3 Å². The first-order valence-electron chi connectivity index (χ1n) is 8.32. The lowest BCUT2D eigenvalue weighted by Gasteiger charge is -2.31. The van der Waals surface area contributed by atoms with E-state index in [0.717, 1.165) is 21.9 Å². The summed E-state index contributed by atoms with van der Waals surface area (Å²) >= 11 is 0. The van der Waals surface area contributed by atoms with Gasteiger partial charge in [0.05, 0.1) is 23.4 Å². The minimum Gasteiger partial charge on any atom is -0.475 e. The summed E-state index contributed by atoms with van der Waals surface area (Å²) in [5, 5.41) is 1.14. The van der Waals surface area contributed by atoms with E-state index in [9.17, 15) is 0 Å². The van der Waals surface area contributed by atoms with E-state index in [2.05, 4.69) is 32.5 Å². The van der Waals surface area contributed by atoms with Gasteiger partial charge in [0, 0.05) is 23.6 Å². The third kappa shape index (κ3) is 2.00. The summed E-state index contributed by atoms with van der Waals surface area (Å²) in [7, 11) is 0. The summed E-state index contributed by atoms with van der Waals surface area (Å²) in [5.41, 5.74) is 10.1. The molecule has 1 aliphatic heterocycles. The number of anilines is 1. The molecule has 0 aliphatic carbocycles. The number of imidazole rings is 1. The maximum Gasteiger partial charge on any atom is 0.213 e. The fraction of sp³-hybridized carbons (Fsp3) is 0.211. The van der Waals surface area contributed by atoms with E-state index in [4.69, 9.17) is 10.5 Å². The monoisotopic (exact) mass is 331 g/mol. The van der Waals surface area contributed by atoms with E-state index in [1.807, 2.05) is 36.7 Å². The van der Waals surface area contributed by atoms with Crippen LogP contribution in [0.4, 0.5) is 5.82 Å². The number of hydrogen-bond donors (Lipinski definition) is 1. The van der Waals surface area contributed by atoms with Gasteiger partial charge in [0.1, 0.15) is 12.1 Å². The van der Waals surface area contributed by atoms with Crippen molar-refractivity contribution in [3.05, 3.63) is 54.5 Å². The second kappa shape index (κ2) is 5.17. The number of ether oxygens (including phenoxy) is 1. The quantitative estimate of drug-likeness (QED) is 0.623. The van der Waals surface area contributed by atoms with Crippen molar-refractivity contribution in [1.82, 2.24) is 19.5 Å². The van der Waals surface area contributed by atoms with Gasteiger partial charge in [-0.1, -0.05) is 25.1 Å². The van der Waals surface area contributed by atoms with Gasteiger partial charge < -0.3 is 15.0 Å². The summed E-state index contributed by atoms with van der Waals surface area (Å²) in [6, 6.07) is 12.0. The van der Waals surface area contributed by atoms with Crippen LogP contribution in [0.15, 0.2) is 48.9 Å². The highest BCUT2D eigenvalue weighted by Gasteiger charge is 2.31. The van der Waals surface area contributed by atoms with E-state index >= 15 is 0 Å². The van der Waals surface area contributed by atoms with Crippen molar-refractivity contribution < 1.29 is 4.74 Å². The van der Waals surface area contributed by atoms with Gasteiger partial charge in [0.2, 0.25) is 5.88 Å². The van der Waals surface area contributed by atoms with Crippen molar-refractivity contribution in [1.29, 1.82) is 0 Å². The highest BCUT2D eigenvalue weighted by Crippen LogP contribution is 2.43. The lowest BCUT2D eigenvalue weighted by molar-refractivity contribution is 0.225. The van der Waals surface area contributed by atoms with Crippen molar-refractivity contribution in [3.63, 3.8) is 0 Å². The Morgan fingerprint density at radius 3 is 2.92 bits per heavy atom. The number of benzene rings is 1. The van der Waals surface area contributed by atoms with Gasteiger partial charge in [-0.3, -0.25) is 0 Å². The zero-order valence-electron chi connectivity index (χ0n) is 13.8. The molecule has 6 heteroatoms. The van der Waals surface area contributed by atoms with Crippen LogP contribution in [-0.2, 0) is 0 Å². The van der Waals surface area contributed by atoms with Gasteiger partial charge in [-0.2, -0.15) is 0 Å². The van der Waals surface area contributed by atoms with Crippen molar-refractivity contribution in [3.8, 4) is 5.88 Å². The first-order chi connectivity index (χ1) is 12.2. The van der Waals surface area contributed by atoms with Gasteiger partial charge in [0.15, 0.2) is 5.82 Å². The topological polar surface area (TPSA) is 78.8 Å². The maximum absolute atomic E-state index is 6.13. The Morgan fingerprint density at radius 2 is 2.08 bits per heavy atom. The van der Waals surface area contributed by atoms with Crippen LogP contribution in [0.3, 0.4) is 0 Å². The summed E-state index contributed by atoms with van der Waals surface area (Å²) in [4.78, 5) is 13.3. The van der Waals surface area contributed by atoms with Crippen LogP contribution in [0, 0.1) is 0 Å². The average molecular weight is 331 g/mol. The molecular weight excluding hydrogens is 314 g/mol. The second-order valence-electron chi connectivity index (χ2n) is 6.42. The minimum absolute atomic E-state index is 0.118. The molecule has 2 N–H and O–H groups in total. The van der Waals surface area contributed by atoms with Gasteiger partial charge in [0.25, 0.3) is 0 Å². The highest BCUT2D eigenvalue weighted by molar-refractivity contribution is 6.08. The Hall–Kier alpha value is -3.15. The van der Waals surface area contributed by atoms with Gasteiger partial charge in [-0.25, -0.2) is 15.0 Å². The SMILES string of the molecule is CC1c2cccc3nc(N)c4ncn(c4c23)C1COc1ccccn1. The molecule has 0 saturated heterocycles. The minimum atomic E-state index is 0.118. The third-order valence-electron chi connectivity index (χ3n) is 5.05. The summed E-state index contributed by atoms with van der Waals surface area (Å²) in [6.45, 7) is 2.73. The summed E-state index contributed by atoms with van der Waals surface area (Å²) < 4.78 is 8.13. The average Bonchev–Trinajstić information content (AvgIpc) is 3.08. The molecule has 2 unspecified atom stereocenters. The molecule has 0 amide bonds. The zero-order valence-corrected chi connectivity index (χ0v) is 13.8. The van der Waals surface area contributed by atoms with E-state index < -0.39 is 0 Å². The third-order valence-corrected chi connectivity index (χ3v) is 5.05. The Balaban J connectivity index is 1.66. The molecule has 6 nitrogen and oxygen atoms in total. The van der Waals surface area contributed by atoms with E-state index in [1.165, 1.54) is 5.56 Å². The first kappa shape index (κ1) is 14.2. The summed E-state index contributed by atoms with van der Waals surface area (Å²) in [6.07, 6.45) is 3.58. The molecule has 3 aromatic heterocycles. The molecule has 4 heterocycles. The number of rotatable bonds is 3. The van der Waals surface area contributed by atoms with Crippen LogP contribution >= 0.6 is 0 Å². The normalized spacial score (nSPS) is 18.9. The number of pyridine rings is 2. The largest absolute Gasteiger partial charge is 0.475 e. The maximum atomic E-state index is 6.13. The zero-order chi connectivity index (χ0) is 17.0. The molecular formula is C19H17N5O. The van der Waals surface area contributed by atoms with Gasteiger partial charge >= 0.3 is 0 Å². The smallest absolute Gasteiger partial charge is 0.213 e. The van der Waals surface area contributed by atoms with Crippen molar-refractivity contribution in [2.24, 2.45) is 0 Å². The van der Waals surface area contributed by atoms with Crippen molar-refractivity contribution in [2.75, 3.05) is 12.3 Å². The lowest BCUT2D eigenvalue weighted by atomic mass is 9.87. The van der Waals surface area contributed by atoms with Gasteiger partial charge in [-0.15, -0.1) is 0 Å². The first-order valence-corrected chi connectivity index (χ1v) is 8.32. The molecule has 25 heavy (non-hydrogen) atoms. The molecule has 0 spiro atoms. The van der Waals surface area contributed by atoms with E-state index in [1.54, 1.807) is 6.20 Å². The van der Waals surface area contributed by atoms with Crippen LogP contribution in [0.1, 0.15) is 24.4 Å². The molecule has 1 aliphatic rings. The van der Waals surface area contributed by atoms with Crippen LogP contribution in [0.25, 0.3) is 21.9 Å². The highest BCUT2D eigenvalue weighted by atomic mass is 16.5. The van der Waals surface area contributed by atoms with Crippen LogP contribution in [0.5, 0.6) is 5.88 Å². The van der Waals surface area contributed by atoms with Crippen LogP contribution < -0.4 is 10.5 Å². The van der Waals surface area contributed by atoms with E-state index in [-0.39, 0.29) is 12.0 Å². The number of hydrogen-bond acceptors (Lipinski definition) is 5. The second-order valence-corrected chi connectivity index (χ2v) is 6.42. The van der Waals surface area contributed by atoms with Crippen molar-refractivity contribution >= 4 is 27.8 Å². The van der Waals surface area contributed by atoms with Gasteiger partial charge in [-0.05, 0) is 17.7 Å². The fourth-order valence-corrected chi connectivity index (χ4v) is 3.79. The van der Waals surface area contributed by atoms with Crippen LogP contribution in [-0.4, -0.2) is 26.1 Å². The predicted octanol–water partition coefficient (Wildman–Crippen LogP) is 3.30. The molecule has 2 atom stereocenters. The van der Waals surface area contributed by atoms with Crippen molar-refractivity contribution in [2.45, 2.75) is 18.9 Å². The standard InChI is InChI=1S/C19H17N5O/c1-11-12-5-4-6-13-16(12)18-17(19(20)23-13)22-10-24(18)14(11)9-25-15-7-2-3-8-21-15/h2-8,10-11,14H,9H2,1H3,(H2,20,23). The molecule has 5 rings (SSSR count). The Labute approximate surface area is 144 Å².